The van der Waals surface area contributed by atoms with Gasteiger partial charge >= 0.3 is 6.18 Å². The zero-order valence-corrected chi connectivity index (χ0v) is 11.6. The third kappa shape index (κ3) is 3.47. The summed E-state index contributed by atoms with van der Waals surface area (Å²) in [5.41, 5.74) is -0.734. The van der Waals surface area contributed by atoms with Crippen LogP contribution >= 0.6 is 0 Å². The van der Waals surface area contributed by atoms with E-state index < -0.39 is 11.7 Å². The molecule has 116 valence electrons. The lowest BCUT2D eigenvalue weighted by Crippen LogP contribution is -2.48. The van der Waals surface area contributed by atoms with Crippen LogP contribution < -0.4 is 5.32 Å². The molecule has 2 aliphatic rings. The van der Waals surface area contributed by atoms with Crippen molar-refractivity contribution in [2.45, 2.75) is 31.2 Å². The minimum atomic E-state index is -4.34. The average molecular weight is 301 g/mol. The number of fused-ring (bicyclic) bond motifs is 1. The van der Waals surface area contributed by atoms with Crippen LogP contribution in [0.25, 0.3) is 0 Å². The van der Waals surface area contributed by atoms with Gasteiger partial charge < -0.3 is 10.1 Å². The summed E-state index contributed by atoms with van der Waals surface area (Å²) >= 11 is 0. The van der Waals surface area contributed by atoms with E-state index in [0.717, 1.165) is 32.0 Å². The molecular weight excluding hydrogens is 283 g/mol. The Hall–Kier alpha value is -1.34. The summed E-state index contributed by atoms with van der Waals surface area (Å²) in [6, 6.07) is 2.93. The number of halogens is 3. The van der Waals surface area contributed by atoms with Crippen LogP contribution in [0.1, 0.15) is 18.4 Å². The van der Waals surface area contributed by atoms with Crippen LogP contribution in [0, 0.1) is 0 Å². The summed E-state index contributed by atoms with van der Waals surface area (Å²) < 4.78 is 43.1. The topological polar surface area (TPSA) is 37.4 Å². The van der Waals surface area contributed by atoms with E-state index in [-0.39, 0.29) is 6.10 Å². The Balaban J connectivity index is 1.51. The van der Waals surface area contributed by atoms with Gasteiger partial charge in [-0.15, -0.1) is 0 Å². The molecule has 0 saturated carbocycles. The standard InChI is InChI=1S/C14H18F3N3O/c15-14(16,17)10-3-4-13(18-6-10)19-7-12-8-20-5-1-2-11(20)9-21-12/h3-4,6,11-12H,1-2,5,7-9H2,(H,18,19). The highest BCUT2D eigenvalue weighted by Gasteiger charge is 2.32. The molecule has 4 nitrogen and oxygen atoms in total. The zero-order chi connectivity index (χ0) is 14.9. The highest BCUT2D eigenvalue weighted by Crippen LogP contribution is 2.29. The molecule has 0 bridgehead atoms. The van der Waals surface area contributed by atoms with Gasteiger partial charge in [0.25, 0.3) is 0 Å². The lowest BCUT2D eigenvalue weighted by molar-refractivity contribution is -0.137. The molecule has 3 heterocycles. The first kappa shape index (κ1) is 14.6. The maximum absolute atomic E-state index is 12.4. The molecule has 0 amide bonds. The van der Waals surface area contributed by atoms with Gasteiger partial charge in [0, 0.05) is 25.3 Å². The third-order valence-electron chi connectivity index (χ3n) is 4.06. The fraction of sp³-hybridized carbons (Fsp3) is 0.643. The Bertz CT molecular complexity index is 477. The van der Waals surface area contributed by atoms with Crippen molar-refractivity contribution in [1.29, 1.82) is 0 Å². The number of nitrogens with zero attached hydrogens (tertiary/aromatic N) is 2. The summed E-state index contributed by atoms with van der Waals surface area (Å²) in [4.78, 5) is 6.22. The van der Waals surface area contributed by atoms with E-state index in [2.05, 4.69) is 15.2 Å². The lowest BCUT2D eigenvalue weighted by Gasteiger charge is -2.35. The van der Waals surface area contributed by atoms with Gasteiger partial charge in [-0.25, -0.2) is 4.98 Å². The number of anilines is 1. The summed E-state index contributed by atoms with van der Waals surface area (Å²) in [6.07, 6.45) is -1.03. The molecule has 2 aliphatic heterocycles. The monoisotopic (exact) mass is 301 g/mol. The van der Waals surface area contributed by atoms with Gasteiger partial charge in [-0.3, -0.25) is 4.90 Å². The lowest BCUT2D eigenvalue weighted by atomic mass is 10.2. The number of hydrogen-bond acceptors (Lipinski definition) is 4. The maximum atomic E-state index is 12.4. The summed E-state index contributed by atoms with van der Waals surface area (Å²) in [5, 5.41) is 3.04. The van der Waals surface area contributed by atoms with Crippen LogP contribution in [-0.4, -0.2) is 48.3 Å². The quantitative estimate of drug-likeness (QED) is 0.930. The number of morpholine rings is 1. The predicted molar refractivity (Wildman–Crippen MR) is 72.1 cm³/mol. The molecule has 2 unspecified atom stereocenters. The fourth-order valence-electron chi connectivity index (χ4n) is 2.89. The predicted octanol–water partition coefficient (Wildman–Crippen LogP) is 2.38. The summed E-state index contributed by atoms with van der Waals surface area (Å²) in [7, 11) is 0. The number of rotatable bonds is 3. The molecule has 2 atom stereocenters. The van der Waals surface area contributed by atoms with Crippen molar-refractivity contribution in [1.82, 2.24) is 9.88 Å². The van der Waals surface area contributed by atoms with Crippen LogP contribution in [0.3, 0.4) is 0 Å². The first-order valence-corrected chi connectivity index (χ1v) is 7.15. The molecule has 0 radical (unpaired) electrons. The first-order chi connectivity index (χ1) is 10.0. The molecule has 0 aromatic carbocycles. The molecule has 2 fully saturated rings. The van der Waals surface area contributed by atoms with Gasteiger partial charge in [0.15, 0.2) is 0 Å². The van der Waals surface area contributed by atoms with Crippen LogP contribution in [0.2, 0.25) is 0 Å². The molecule has 1 aromatic heterocycles. The maximum Gasteiger partial charge on any atom is 0.417 e. The summed E-state index contributed by atoms with van der Waals surface area (Å²) in [6.45, 7) is 3.29. The van der Waals surface area contributed by atoms with E-state index in [0.29, 0.717) is 18.4 Å². The SMILES string of the molecule is FC(F)(F)c1ccc(NCC2CN3CCCC3CO2)nc1. The molecule has 21 heavy (non-hydrogen) atoms. The van der Waals surface area contributed by atoms with Gasteiger partial charge in [-0.2, -0.15) is 13.2 Å². The fourth-order valence-corrected chi connectivity index (χ4v) is 2.89. The van der Waals surface area contributed by atoms with Crippen molar-refractivity contribution in [3.8, 4) is 0 Å². The number of nitrogens with one attached hydrogen (secondary N) is 1. The number of hydrogen-bond donors (Lipinski definition) is 1. The van der Waals surface area contributed by atoms with E-state index in [1.165, 1.54) is 18.9 Å². The number of alkyl halides is 3. The van der Waals surface area contributed by atoms with Crippen LogP contribution in [0.5, 0.6) is 0 Å². The Morgan fingerprint density at radius 2 is 2.24 bits per heavy atom. The Morgan fingerprint density at radius 3 is 2.95 bits per heavy atom. The Morgan fingerprint density at radius 1 is 1.38 bits per heavy atom. The van der Waals surface area contributed by atoms with Gasteiger partial charge in [0.1, 0.15) is 5.82 Å². The van der Waals surface area contributed by atoms with Crippen molar-refractivity contribution < 1.29 is 17.9 Å². The number of pyridine rings is 1. The van der Waals surface area contributed by atoms with E-state index in [4.69, 9.17) is 4.74 Å². The van der Waals surface area contributed by atoms with Crippen LogP contribution in [0.15, 0.2) is 18.3 Å². The zero-order valence-electron chi connectivity index (χ0n) is 11.6. The minimum absolute atomic E-state index is 0.0587. The molecular formula is C14H18F3N3O. The van der Waals surface area contributed by atoms with E-state index >= 15 is 0 Å². The normalized spacial score (nSPS) is 26.6. The van der Waals surface area contributed by atoms with Crippen LogP contribution in [0.4, 0.5) is 19.0 Å². The second-order valence-electron chi connectivity index (χ2n) is 5.56. The van der Waals surface area contributed by atoms with Crippen molar-refractivity contribution in [3.63, 3.8) is 0 Å². The molecule has 2 saturated heterocycles. The van der Waals surface area contributed by atoms with Gasteiger partial charge in [0.2, 0.25) is 0 Å². The van der Waals surface area contributed by atoms with E-state index in [9.17, 15) is 13.2 Å². The Labute approximate surface area is 121 Å². The molecule has 3 rings (SSSR count). The number of ether oxygens (including phenoxy) is 1. The van der Waals surface area contributed by atoms with Crippen molar-refractivity contribution >= 4 is 5.82 Å². The smallest absolute Gasteiger partial charge is 0.373 e. The molecule has 1 N–H and O–H groups in total. The molecule has 7 heteroatoms. The van der Waals surface area contributed by atoms with Gasteiger partial charge in [-0.05, 0) is 31.5 Å². The van der Waals surface area contributed by atoms with Crippen molar-refractivity contribution in [3.05, 3.63) is 23.9 Å². The van der Waals surface area contributed by atoms with E-state index in [1.807, 2.05) is 0 Å². The molecule has 0 spiro atoms. The third-order valence-corrected chi connectivity index (χ3v) is 4.06. The summed E-state index contributed by atoms with van der Waals surface area (Å²) in [5.74, 6) is 0.440. The molecule has 0 aliphatic carbocycles. The van der Waals surface area contributed by atoms with E-state index in [1.54, 1.807) is 0 Å². The van der Waals surface area contributed by atoms with Gasteiger partial charge in [-0.1, -0.05) is 0 Å². The first-order valence-electron chi connectivity index (χ1n) is 7.15. The second-order valence-corrected chi connectivity index (χ2v) is 5.56. The molecule has 1 aromatic rings. The highest BCUT2D eigenvalue weighted by molar-refractivity contribution is 5.36. The minimum Gasteiger partial charge on any atom is -0.373 e. The van der Waals surface area contributed by atoms with Crippen molar-refractivity contribution in [2.75, 3.05) is 31.6 Å². The van der Waals surface area contributed by atoms with Crippen molar-refractivity contribution in [2.24, 2.45) is 0 Å². The number of aromatic nitrogens is 1. The highest BCUT2D eigenvalue weighted by atomic mass is 19.4. The van der Waals surface area contributed by atoms with Crippen LogP contribution in [-0.2, 0) is 10.9 Å². The Kier molecular flexibility index (Phi) is 4.03. The van der Waals surface area contributed by atoms with Gasteiger partial charge in [0.05, 0.1) is 18.3 Å². The average Bonchev–Trinajstić information content (AvgIpc) is 2.92. The largest absolute Gasteiger partial charge is 0.417 e. The second kappa shape index (κ2) is 5.81.